The second-order valence-electron chi connectivity index (χ2n) is 7.39. The van der Waals surface area contributed by atoms with Crippen molar-refractivity contribution in [1.82, 2.24) is 10.2 Å². The molecule has 3 aromatic rings. The molecule has 2 unspecified atom stereocenters. The number of carbonyl (C=O) groups is 2. The van der Waals surface area contributed by atoms with Crippen LogP contribution in [0.5, 0.6) is 0 Å². The van der Waals surface area contributed by atoms with Gasteiger partial charge in [0.25, 0.3) is 7.48 Å². The van der Waals surface area contributed by atoms with Gasteiger partial charge in [0.2, 0.25) is 5.91 Å². The lowest BCUT2D eigenvalue weighted by Crippen LogP contribution is -2.42. The first-order chi connectivity index (χ1) is 14.6. The monoisotopic (exact) mass is 406 g/mol. The zero-order valence-corrected chi connectivity index (χ0v) is 16.5. The molecule has 0 radical (unpaired) electrons. The van der Waals surface area contributed by atoms with Crippen LogP contribution in [0.4, 0.5) is 4.79 Å². The first-order valence-electron chi connectivity index (χ1n) is 10.00. The molecule has 0 saturated carbocycles. The third-order valence-electron chi connectivity index (χ3n) is 5.28. The average Bonchev–Trinajstić information content (AvgIpc) is 3.36. The molecule has 1 aliphatic heterocycles. The number of furan rings is 1. The van der Waals surface area contributed by atoms with E-state index < -0.39 is 12.0 Å². The van der Waals surface area contributed by atoms with Crippen LogP contribution in [0.15, 0.2) is 65.3 Å². The molecule has 0 spiro atoms. The molecular formula is C22H23BN2O5. The highest BCUT2D eigenvalue weighted by molar-refractivity contribution is 6.28. The number of hydrogen-bond donors (Lipinski definition) is 2. The smallest absolute Gasteiger partial charge is 0.410 e. The number of nitrogens with one attached hydrogen (secondary N) is 1. The van der Waals surface area contributed by atoms with Gasteiger partial charge >= 0.3 is 6.09 Å². The van der Waals surface area contributed by atoms with Crippen molar-refractivity contribution in [2.24, 2.45) is 0 Å². The van der Waals surface area contributed by atoms with Crippen molar-refractivity contribution >= 4 is 30.5 Å². The van der Waals surface area contributed by atoms with Gasteiger partial charge in [-0.05, 0) is 23.6 Å². The van der Waals surface area contributed by atoms with Crippen LogP contribution in [0, 0.1) is 0 Å². The third-order valence-corrected chi connectivity index (χ3v) is 5.28. The Morgan fingerprint density at radius 2 is 1.97 bits per heavy atom. The Morgan fingerprint density at radius 3 is 2.77 bits per heavy atom. The molecule has 7 nitrogen and oxygen atoms in total. The molecule has 0 aliphatic carbocycles. The number of para-hydroxylation sites is 1. The number of hydrogen-bond acceptors (Lipinski definition) is 5. The highest BCUT2D eigenvalue weighted by Crippen LogP contribution is 2.26. The predicted molar refractivity (Wildman–Crippen MR) is 113 cm³/mol. The van der Waals surface area contributed by atoms with Gasteiger partial charge in [0.1, 0.15) is 11.7 Å². The molecule has 1 fully saturated rings. The fourth-order valence-corrected chi connectivity index (χ4v) is 3.69. The van der Waals surface area contributed by atoms with Gasteiger partial charge in [-0.15, -0.1) is 0 Å². The van der Waals surface area contributed by atoms with Crippen LogP contribution in [-0.4, -0.2) is 48.4 Å². The quantitative estimate of drug-likeness (QED) is 0.561. The molecule has 0 bridgehead atoms. The van der Waals surface area contributed by atoms with Gasteiger partial charge in [-0.3, -0.25) is 4.79 Å². The maximum atomic E-state index is 12.4. The standard InChI is InChI=1S/C22H23BN2O5/c26-21(10-11-25-13-19(30-22(25)27)15-6-2-1-3-7-15)24-20(23-28)12-16-14-29-18-9-5-4-8-17(16)18/h1-9,14,19-20,23,28H,10-13H2,(H,24,26). The van der Waals surface area contributed by atoms with E-state index in [1.807, 2.05) is 54.6 Å². The molecule has 1 saturated heterocycles. The second kappa shape index (κ2) is 9.05. The van der Waals surface area contributed by atoms with E-state index in [2.05, 4.69) is 5.32 Å². The van der Waals surface area contributed by atoms with Crippen molar-refractivity contribution in [2.45, 2.75) is 24.9 Å². The van der Waals surface area contributed by atoms with Crippen LogP contribution in [0.3, 0.4) is 0 Å². The summed E-state index contributed by atoms with van der Waals surface area (Å²) in [6.45, 7) is 0.682. The lowest BCUT2D eigenvalue weighted by atomic mass is 9.83. The summed E-state index contributed by atoms with van der Waals surface area (Å²) in [4.78, 5) is 26.0. The summed E-state index contributed by atoms with van der Waals surface area (Å²) >= 11 is 0. The summed E-state index contributed by atoms with van der Waals surface area (Å²) in [5, 5.41) is 13.5. The van der Waals surface area contributed by atoms with Crippen molar-refractivity contribution in [3.8, 4) is 0 Å². The Bertz CT molecular complexity index is 1020. The van der Waals surface area contributed by atoms with E-state index >= 15 is 0 Å². The van der Waals surface area contributed by atoms with Crippen LogP contribution in [0.2, 0.25) is 0 Å². The summed E-state index contributed by atoms with van der Waals surface area (Å²) in [6, 6.07) is 17.2. The minimum atomic E-state index is -0.430. The van der Waals surface area contributed by atoms with Gasteiger partial charge in [-0.2, -0.15) is 0 Å². The molecule has 154 valence electrons. The summed E-state index contributed by atoms with van der Waals surface area (Å²) in [5.74, 6) is -0.654. The van der Waals surface area contributed by atoms with Crippen LogP contribution in [-0.2, 0) is 16.0 Å². The van der Waals surface area contributed by atoms with Gasteiger partial charge in [0, 0.05) is 24.3 Å². The Labute approximate surface area is 174 Å². The van der Waals surface area contributed by atoms with E-state index in [-0.39, 0.29) is 32.5 Å². The largest absolute Gasteiger partial charge is 0.464 e. The number of amides is 2. The molecule has 2 atom stereocenters. The molecular weight excluding hydrogens is 383 g/mol. The summed E-state index contributed by atoms with van der Waals surface area (Å²) in [6.07, 6.45) is 1.52. The Hall–Kier alpha value is -3.26. The topological polar surface area (TPSA) is 92.0 Å². The Balaban J connectivity index is 1.29. The summed E-state index contributed by atoms with van der Waals surface area (Å²) in [7, 11) is -0.187. The van der Waals surface area contributed by atoms with Crippen molar-refractivity contribution in [1.29, 1.82) is 0 Å². The molecule has 1 aliphatic rings. The Morgan fingerprint density at radius 1 is 1.20 bits per heavy atom. The molecule has 2 N–H and O–H groups in total. The van der Waals surface area contributed by atoms with Crippen LogP contribution in [0.25, 0.3) is 11.0 Å². The molecule has 30 heavy (non-hydrogen) atoms. The molecule has 2 heterocycles. The van der Waals surface area contributed by atoms with Gasteiger partial charge in [-0.1, -0.05) is 48.5 Å². The van der Waals surface area contributed by atoms with Crippen LogP contribution in [0.1, 0.15) is 23.7 Å². The van der Waals surface area contributed by atoms with Gasteiger partial charge in [0.05, 0.1) is 12.8 Å². The minimum Gasteiger partial charge on any atom is -0.464 e. The van der Waals surface area contributed by atoms with E-state index in [0.717, 1.165) is 22.1 Å². The minimum absolute atomic E-state index is 0.138. The third kappa shape index (κ3) is 4.49. The van der Waals surface area contributed by atoms with E-state index in [9.17, 15) is 14.6 Å². The average molecular weight is 406 g/mol. The van der Waals surface area contributed by atoms with E-state index in [4.69, 9.17) is 9.15 Å². The first-order valence-corrected chi connectivity index (χ1v) is 10.00. The lowest BCUT2D eigenvalue weighted by Gasteiger charge is -2.17. The predicted octanol–water partition coefficient (Wildman–Crippen LogP) is 2.35. The van der Waals surface area contributed by atoms with Gasteiger partial charge in [0.15, 0.2) is 0 Å². The molecule has 2 aromatic carbocycles. The summed E-state index contributed by atoms with van der Waals surface area (Å²) < 4.78 is 10.9. The number of fused-ring (bicyclic) bond motifs is 1. The molecule has 2 amide bonds. The number of nitrogens with zero attached hydrogens (tertiary/aromatic N) is 1. The van der Waals surface area contributed by atoms with E-state index in [1.54, 1.807) is 6.26 Å². The van der Waals surface area contributed by atoms with E-state index in [0.29, 0.717) is 13.0 Å². The first kappa shape index (κ1) is 20.0. The highest BCUT2D eigenvalue weighted by atomic mass is 16.6. The number of rotatable bonds is 8. The van der Waals surface area contributed by atoms with Crippen molar-refractivity contribution in [3.63, 3.8) is 0 Å². The second-order valence-corrected chi connectivity index (χ2v) is 7.39. The molecule has 8 heteroatoms. The summed E-state index contributed by atoms with van der Waals surface area (Å²) in [5.41, 5.74) is 2.64. The van der Waals surface area contributed by atoms with Crippen molar-refractivity contribution in [3.05, 3.63) is 72.0 Å². The number of benzene rings is 2. The lowest BCUT2D eigenvalue weighted by molar-refractivity contribution is -0.121. The van der Waals surface area contributed by atoms with E-state index in [1.165, 1.54) is 4.90 Å². The van der Waals surface area contributed by atoms with Crippen molar-refractivity contribution < 1.29 is 23.8 Å². The number of ether oxygens (including phenoxy) is 1. The fourth-order valence-electron chi connectivity index (χ4n) is 3.69. The maximum Gasteiger partial charge on any atom is 0.410 e. The fraction of sp³-hybridized carbons (Fsp3) is 0.273. The van der Waals surface area contributed by atoms with Gasteiger partial charge in [-0.25, -0.2) is 4.79 Å². The SMILES string of the molecule is O=C(CCN1CC(c2ccccc2)OC1=O)NC(BO)Cc1coc2ccccc12. The Kier molecular flexibility index (Phi) is 6.04. The maximum absolute atomic E-state index is 12.4. The number of cyclic esters (lactones) is 1. The van der Waals surface area contributed by atoms with Crippen LogP contribution >= 0.6 is 0 Å². The molecule has 1 aromatic heterocycles. The zero-order valence-electron chi connectivity index (χ0n) is 16.5. The van der Waals surface area contributed by atoms with Crippen LogP contribution < -0.4 is 5.32 Å². The normalized spacial score (nSPS) is 17.0. The van der Waals surface area contributed by atoms with Gasteiger partial charge < -0.3 is 24.4 Å². The van der Waals surface area contributed by atoms with Crippen molar-refractivity contribution in [2.75, 3.05) is 13.1 Å². The molecule has 4 rings (SSSR count). The highest BCUT2D eigenvalue weighted by Gasteiger charge is 2.32. The zero-order chi connectivity index (χ0) is 20.9. The number of carbonyl (C=O) groups excluding carboxylic acids is 2.